The maximum absolute atomic E-state index is 11.3. The molecular formula is C12H24N2O. The van der Waals surface area contributed by atoms with Crippen LogP contribution in [0, 0.1) is 0 Å². The van der Waals surface area contributed by atoms with Gasteiger partial charge in [0.15, 0.2) is 0 Å². The van der Waals surface area contributed by atoms with E-state index in [-0.39, 0.29) is 5.91 Å². The molecule has 1 fully saturated rings. The highest BCUT2D eigenvalue weighted by Gasteiger charge is 2.00. The molecule has 1 aliphatic heterocycles. The molecule has 1 saturated heterocycles. The molecule has 0 radical (unpaired) electrons. The molecule has 0 aromatic carbocycles. The molecule has 0 spiro atoms. The third kappa shape index (κ3) is 7.37. The first-order chi connectivity index (χ1) is 7.39. The molecule has 1 aliphatic rings. The Morgan fingerprint density at radius 1 is 0.733 bits per heavy atom. The summed E-state index contributed by atoms with van der Waals surface area (Å²) in [6.45, 7) is 2.75. The lowest BCUT2D eigenvalue weighted by Crippen LogP contribution is -2.28. The van der Waals surface area contributed by atoms with Crippen LogP contribution < -0.4 is 10.6 Å². The molecule has 3 heteroatoms. The van der Waals surface area contributed by atoms with Gasteiger partial charge in [-0.05, 0) is 19.4 Å². The van der Waals surface area contributed by atoms with Crippen molar-refractivity contribution in [3.63, 3.8) is 0 Å². The fourth-order valence-corrected chi connectivity index (χ4v) is 1.90. The van der Waals surface area contributed by atoms with Gasteiger partial charge in [-0.3, -0.25) is 4.79 Å². The molecule has 0 aliphatic carbocycles. The van der Waals surface area contributed by atoms with Gasteiger partial charge in [0.2, 0.25) is 5.91 Å². The molecule has 3 nitrogen and oxygen atoms in total. The maximum Gasteiger partial charge on any atom is 0.221 e. The predicted octanol–water partition coefficient (Wildman–Crippen LogP) is 1.83. The summed E-state index contributed by atoms with van der Waals surface area (Å²) in [7, 11) is 0. The van der Waals surface area contributed by atoms with Gasteiger partial charge in [-0.15, -0.1) is 0 Å². The Labute approximate surface area is 93.0 Å². The number of nitrogens with one attached hydrogen (secondary N) is 2. The van der Waals surface area contributed by atoms with Crippen molar-refractivity contribution in [2.24, 2.45) is 0 Å². The zero-order chi connectivity index (χ0) is 10.8. The van der Waals surface area contributed by atoms with E-state index in [0.717, 1.165) is 26.1 Å². The zero-order valence-corrected chi connectivity index (χ0v) is 9.69. The number of hydrogen-bond donors (Lipinski definition) is 2. The number of carbonyl (C=O) groups is 1. The Bertz CT molecular complexity index is 155. The predicted molar refractivity (Wildman–Crippen MR) is 62.8 cm³/mol. The van der Waals surface area contributed by atoms with Gasteiger partial charge in [-0.1, -0.05) is 32.1 Å². The highest BCUT2D eigenvalue weighted by Crippen LogP contribution is 2.06. The van der Waals surface area contributed by atoms with Crippen LogP contribution in [0.3, 0.4) is 0 Å². The summed E-state index contributed by atoms with van der Waals surface area (Å²) in [5.41, 5.74) is 0. The van der Waals surface area contributed by atoms with E-state index < -0.39 is 0 Å². The first-order valence-corrected chi connectivity index (χ1v) is 6.37. The molecule has 0 aromatic heterocycles. The van der Waals surface area contributed by atoms with Gasteiger partial charge in [-0.25, -0.2) is 0 Å². The average molecular weight is 212 g/mol. The summed E-state index contributed by atoms with van der Waals surface area (Å²) in [6, 6.07) is 0. The maximum atomic E-state index is 11.3. The number of hydrogen-bond acceptors (Lipinski definition) is 2. The molecule has 0 saturated carbocycles. The van der Waals surface area contributed by atoms with Crippen molar-refractivity contribution in [2.75, 3.05) is 19.6 Å². The third-order valence-electron chi connectivity index (χ3n) is 2.88. The van der Waals surface area contributed by atoms with Crippen LogP contribution in [0.4, 0.5) is 0 Å². The minimum absolute atomic E-state index is 0.194. The second-order valence-electron chi connectivity index (χ2n) is 4.32. The lowest BCUT2D eigenvalue weighted by molar-refractivity contribution is -0.121. The molecule has 0 bridgehead atoms. The standard InChI is InChI=1S/C12H24N2O/c15-12-8-11-13-9-6-4-2-1-3-5-7-10-14-12/h13H,1-11H2,(H,14,15). The summed E-state index contributed by atoms with van der Waals surface area (Å²) in [5.74, 6) is 0.194. The molecule has 0 unspecified atom stereocenters. The Hall–Kier alpha value is -0.570. The van der Waals surface area contributed by atoms with Gasteiger partial charge in [0.1, 0.15) is 0 Å². The van der Waals surface area contributed by atoms with Crippen molar-refractivity contribution in [1.82, 2.24) is 10.6 Å². The second-order valence-corrected chi connectivity index (χ2v) is 4.32. The van der Waals surface area contributed by atoms with Gasteiger partial charge in [0.25, 0.3) is 0 Å². The van der Waals surface area contributed by atoms with E-state index in [0.29, 0.717) is 6.42 Å². The van der Waals surface area contributed by atoms with Gasteiger partial charge in [-0.2, -0.15) is 0 Å². The second kappa shape index (κ2) is 8.72. The van der Waals surface area contributed by atoms with Crippen LogP contribution in [0.25, 0.3) is 0 Å². The largest absolute Gasteiger partial charge is 0.356 e. The average Bonchev–Trinajstić information content (AvgIpc) is 2.24. The van der Waals surface area contributed by atoms with Crippen molar-refractivity contribution in [3.8, 4) is 0 Å². The van der Waals surface area contributed by atoms with Crippen LogP contribution in [0.15, 0.2) is 0 Å². The fraction of sp³-hybridized carbons (Fsp3) is 0.917. The molecule has 1 rings (SSSR count). The Morgan fingerprint density at radius 3 is 2.07 bits per heavy atom. The summed E-state index contributed by atoms with van der Waals surface area (Å²) in [5, 5.41) is 6.27. The van der Waals surface area contributed by atoms with Crippen LogP contribution in [0.1, 0.15) is 51.4 Å². The van der Waals surface area contributed by atoms with Crippen molar-refractivity contribution in [1.29, 1.82) is 0 Å². The van der Waals surface area contributed by atoms with E-state index in [1.54, 1.807) is 0 Å². The van der Waals surface area contributed by atoms with Crippen LogP contribution in [0.2, 0.25) is 0 Å². The highest BCUT2D eigenvalue weighted by atomic mass is 16.1. The summed E-state index contributed by atoms with van der Waals surface area (Å²) in [4.78, 5) is 11.3. The lowest BCUT2D eigenvalue weighted by atomic mass is 10.1. The van der Waals surface area contributed by atoms with Gasteiger partial charge >= 0.3 is 0 Å². The SMILES string of the molecule is O=C1CCNCCCCCCCCCN1. The van der Waals surface area contributed by atoms with Crippen LogP contribution in [-0.2, 0) is 4.79 Å². The first kappa shape index (κ1) is 12.5. The summed E-state index contributed by atoms with van der Waals surface area (Å²) < 4.78 is 0. The normalized spacial score (nSPS) is 22.8. The molecule has 2 N–H and O–H groups in total. The number of carbonyl (C=O) groups excluding carboxylic acids is 1. The smallest absolute Gasteiger partial charge is 0.221 e. The first-order valence-electron chi connectivity index (χ1n) is 6.37. The lowest BCUT2D eigenvalue weighted by Gasteiger charge is -2.08. The van der Waals surface area contributed by atoms with Gasteiger partial charge in [0, 0.05) is 19.5 Å². The van der Waals surface area contributed by atoms with Crippen molar-refractivity contribution in [3.05, 3.63) is 0 Å². The minimum atomic E-state index is 0.194. The summed E-state index contributed by atoms with van der Waals surface area (Å²) in [6.07, 6.45) is 9.66. The molecule has 88 valence electrons. The van der Waals surface area contributed by atoms with Gasteiger partial charge < -0.3 is 10.6 Å². The fourth-order valence-electron chi connectivity index (χ4n) is 1.90. The minimum Gasteiger partial charge on any atom is -0.356 e. The van der Waals surface area contributed by atoms with Crippen LogP contribution in [-0.4, -0.2) is 25.5 Å². The van der Waals surface area contributed by atoms with E-state index in [2.05, 4.69) is 10.6 Å². The Morgan fingerprint density at radius 2 is 1.33 bits per heavy atom. The Balaban J connectivity index is 2.13. The van der Waals surface area contributed by atoms with E-state index in [1.165, 1.54) is 38.5 Å². The topological polar surface area (TPSA) is 41.1 Å². The monoisotopic (exact) mass is 212 g/mol. The number of amides is 1. The zero-order valence-electron chi connectivity index (χ0n) is 9.69. The molecule has 1 heterocycles. The molecule has 0 atom stereocenters. The number of rotatable bonds is 0. The Kier molecular flexibility index (Phi) is 7.26. The highest BCUT2D eigenvalue weighted by molar-refractivity contribution is 5.75. The van der Waals surface area contributed by atoms with E-state index in [4.69, 9.17) is 0 Å². The van der Waals surface area contributed by atoms with Crippen molar-refractivity contribution < 1.29 is 4.79 Å². The third-order valence-corrected chi connectivity index (χ3v) is 2.88. The summed E-state index contributed by atoms with van der Waals surface area (Å²) >= 11 is 0. The molecule has 15 heavy (non-hydrogen) atoms. The van der Waals surface area contributed by atoms with E-state index in [9.17, 15) is 4.79 Å². The molecule has 1 amide bonds. The molecular weight excluding hydrogens is 188 g/mol. The van der Waals surface area contributed by atoms with E-state index in [1.807, 2.05) is 0 Å². The van der Waals surface area contributed by atoms with Crippen LogP contribution in [0.5, 0.6) is 0 Å². The van der Waals surface area contributed by atoms with Crippen LogP contribution >= 0.6 is 0 Å². The quantitative estimate of drug-likeness (QED) is 0.643. The van der Waals surface area contributed by atoms with Gasteiger partial charge in [0.05, 0.1) is 0 Å². The van der Waals surface area contributed by atoms with E-state index >= 15 is 0 Å². The van der Waals surface area contributed by atoms with Crippen molar-refractivity contribution >= 4 is 5.91 Å². The van der Waals surface area contributed by atoms with Crippen molar-refractivity contribution in [2.45, 2.75) is 51.4 Å². The molecule has 0 aromatic rings.